The Kier molecular flexibility index (Phi) is 5.29. The molecule has 0 saturated heterocycles. The van der Waals surface area contributed by atoms with E-state index in [9.17, 15) is 4.79 Å². The predicted molar refractivity (Wildman–Crippen MR) is 76.6 cm³/mol. The van der Waals surface area contributed by atoms with Crippen molar-refractivity contribution in [2.75, 3.05) is 25.2 Å². The van der Waals surface area contributed by atoms with E-state index in [0.29, 0.717) is 48.2 Å². The third kappa shape index (κ3) is 3.90. The molecule has 0 aromatic heterocycles. The standard InChI is InChI=1S/C14H15BrO5/c1-2-17-14(16)8-11(9-15)20-10-3-4-12-13(7-10)19-6-5-18-12/h3-4,7-8H,2,5-6,9H2,1H3. The molecule has 1 aromatic carbocycles. The largest absolute Gasteiger partial charge is 0.486 e. The molecule has 0 fully saturated rings. The van der Waals surface area contributed by atoms with Crippen LogP contribution in [0, 0.1) is 0 Å². The first kappa shape index (κ1) is 14.7. The van der Waals surface area contributed by atoms with Crippen LogP contribution in [-0.4, -0.2) is 31.1 Å². The fraction of sp³-hybridized carbons (Fsp3) is 0.357. The summed E-state index contributed by atoms with van der Waals surface area (Å²) in [6, 6.07) is 5.27. The highest BCUT2D eigenvalue weighted by molar-refractivity contribution is 9.09. The molecule has 1 aromatic rings. The van der Waals surface area contributed by atoms with E-state index in [4.69, 9.17) is 18.9 Å². The molecular formula is C14H15BrO5. The van der Waals surface area contributed by atoms with Crippen molar-refractivity contribution in [2.45, 2.75) is 6.92 Å². The normalized spacial score (nSPS) is 13.8. The van der Waals surface area contributed by atoms with Crippen molar-refractivity contribution in [3.63, 3.8) is 0 Å². The van der Waals surface area contributed by atoms with E-state index in [1.807, 2.05) is 0 Å². The van der Waals surface area contributed by atoms with Crippen molar-refractivity contribution in [1.82, 2.24) is 0 Å². The Morgan fingerprint density at radius 1 is 1.35 bits per heavy atom. The zero-order valence-corrected chi connectivity index (χ0v) is 12.6. The summed E-state index contributed by atoms with van der Waals surface area (Å²) in [5, 5.41) is 0.403. The van der Waals surface area contributed by atoms with E-state index in [0.717, 1.165) is 0 Å². The maximum absolute atomic E-state index is 11.4. The van der Waals surface area contributed by atoms with Crippen molar-refractivity contribution in [1.29, 1.82) is 0 Å². The minimum absolute atomic E-state index is 0.328. The van der Waals surface area contributed by atoms with E-state index in [1.165, 1.54) is 6.08 Å². The highest BCUT2D eigenvalue weighted by atomic mass is 79.9. The summed E-state index contributed by atoms with van der Waals surface area (Å²) >= 11 is 3.27. The van der Waals surface area contributed by atoms with Gasteiger partial charge in [0.05, 0.1) is 18.0 Å². The Bertz CT molecular complexity index is 512. The third-order valence-corrected chi connectivity index (χ3v) is 3.01. The van der Waals surface area contributed by atoms with E-state index in [1.54, 1.807) is 25.1 Å². The minimum Gasteiger partial charge on any atom is -0.486 e. The molecule has 1 aliphatic heterocycles. The lowest BCUT2D eigenvalue weighted by Crippen LogP contribution is -2.15. The molecule has 0 bridgehead atoms. The van der Waals surface area contributed by atoms with E-state index >= 15 is 0 Å². The highest BCUT2D eigenvalue weighted by Gasteiger charge is 2.13. The Morgan fingerprint density at radius 3 is 2.80 bits per heavy atom. The van der Waals surface area contributed by atoms with Crippen molar-refractivity contribution in [3.8, 4) is 17.2 Å². The van der Waals surface area contributed by atoms with Crippen LogP contribution in [0.2, 0.25) is 0 Å². The second kappa shape index (κ2) is 7.19. The predicted octanol–water partition coefficient (Wildman–Crippen LogP) is 2.68. The third-order valence-electron chi connectivity index (χ3n) is 2.46. The van der Waals surface area contributed by atoms with Gasteiger partial charge in [-0.05, 0) is 19.1 Å². The Balaban J connectivity index is 2.09. The van der Waals surface area contributed by atoms with Crippen molar-refractivity contribution < 1.29 is 23.7 Å². The Labute approximate surface area is 125 Å². The Morgan fingerprint density at radius 2 is 2.10 bits per heavy atom. The molecule has 6 heteroatoms. The molecule has 0 N–H and O–H groups in total. The van der Waals surface area contributed by atoms with Gasteiger partial charge in [-0.2, -0.15) is 0 Å². The van der Waals surface area contributed by atoms with Gasteiger partial charge in [0.25, 0.3) is 0 Å². The number of benzene rings is 1. The minimum atomic E-state index is -0.431. The lowest BCUT2D eigenvalue weighted by molar-refractivity contribution is -0.137. The van der Waals surface area contributed by atoms with Crippen LogP contribution >= 0.6 is 15.9 Å². The monoisotopic (exact) mass is 342 g/mol. The molecule has 0 saturated carbocycles. The molecule has 20 heavy (non-hydrogen) atoms. The summed E-state index contributed by atoms with van der Waals surface area (Å²) in [4.78, 5) is 11.4. The van der Waals surface area contributed by atoms with E-state index in [2.05, 4.69) is 15.9 Å². The van der Waals surface area contributed by atoms with Gasteiger partial charge in [0, 0.05) is 6.07 Å². The van der Waals surface area contributed by atoms with E-state index in [-0.39, 0.29) is 0 Å². The topological polar surface area (TPSA) is 54.0 Å². The molecular weight excluding hydrogens is 328 g/mol. The number of fused-ring (bicyclic) bond motifs is 1. The van der Waals surface area contributed by atoms with Gasteiger partial charge in [-0.15, -0.1) is 0 Å². The Hall–Kier alpha value is -1.69. The summed E-state index contributed by atoms with van der Waals surface area (Å²) < 4.78 is 21.4. The fourth-order valence-electron chi connectivity index (χ4n) is 1.65. The highest BCUT2D eigenvalue weighted by Crippen LogP contribution is 2.34. The van der Waals surface area contributed by atoms with Crippen LogP contribution in [-0.2, 0) is 9.53 Å². The first-order valence-electron chi connectivity index (χ1n) is 6.23. The van der Waals surface area contributed by atoms with Crippen LogP contribution in [0.25, 0.3) is 0 Å². The SMILES string of the molecule is CCOC(=O)C=C(CBr)Oc1ccc2c(c1)OCCO2. The number of esters is 1. The number of hydrogen-bond donors (Lipinski definition) is 0. The summed E-state index contributed by atoms with van der Waals surface area (Å²) in [7, 11) is 0. The van der Waals surface area contributed by atoms with Gasteiger partial charge in [-0.3, -0.25) is 0 Å². The average Bonchev–Trinajstić information content (AvgIpc) is 2.46. The second-order valence-corrected chi connectivity index (χ2v) is 4.46. The van der Waals surface area contributed by atoms with Gasteiger partial charge in [0.1, 0.15) is 24.7 Å². The molecule has 5 nitrogen and oxygen atoms in total. The van der Waals surface area contributed by atoms with Gasteiger partial charge < -0.3 is 18.9 Å². The lowest BCUT2D eigenvalue weighted by atomic mass is 10.3. The van der Waals surface area contributed by atoms with E-state index < -0.39 is 5.97 Å². The maximum Gasteiger partial charge on any atom is 0.334 e. The first-order valence-corrected chi connectivity index (χ1v) is 7.36. The number of halogens is 1. The van der Waals surface area contributed by atoms with Crippen LogP contribution in [0.1, 0.15) is 6.92 Å². The second-order valence-electron chi connectivity index (χ2n) is 3.90. The maximum atomic E-state index is 11.4. The number of allylic oxidation sites excluding steroid dienone is 1. The zero-order chi connectivity index (χ0) is 14.4. The number of rotatable bonds is 5. The van der Waals surface area contributed by atoms with Gasteiger partial charge in [0.2, 0.25) is 0 Å². The smallest absolute Gasteiger partial charge is 0.334 e. The molecule has 1 heterocycles. The van der Waals surface area contributed by atoms with Gasteiger partial charge in [0.15, 0.2) is 11.5 Å². The van der Waals surface area contributed by atoms with Crippen LogP contribution < -0.4 is 14.2 Å². The summed E-state index contributed by atoms with van der Waals surface area (Å²) in [5.41, 5.74) is 0. The number of carbonyl (C=O) groups is 1. The van der Waals surface area contributed by atoms with Crippen molar-refractivity contribution in [3.05, 3.63) is 30.0 Å². The number of alkyl halides is 1. The summed E-state index contributed by atoms with van der Waals surface area (Å²) in [5.74, 6) is 1.93. The van der Waals surface area contributed by atoms with Gasteiger partial charge in [-0.25, -0.2) is 4.79 Å². The number of ether oxygens (including phenoxy) is 4. The molecule has 2 rings (SSSR count). The molecule has 0 aliphatic carbocycles. The molecule has 108 valence electrons. The molecule has 1 aliphatic rings. The first-order chi connectivity index (χ1) is 9.72. The molecule has 0 atom stereocenters. The fourth-order valence-corrected chi connectivity index (χ4v) is 1.93. The quantitative estimate of drug-likeness (QED) is 0.356. The molecule has 0 unspecified atom stereocenters. The molecule has 0 spiro atoms. The van der Waals surface area contributed by atoms with Gasteiger partial charge >= 0.3 is 5.97 Å². The molecule has 0 radical (unpaired) electrons. The number of hydrogen-bond acceptors (Lipinski definition) is 5. The lowest BCUT2D eigenvalue weighted by Gasteiger charge is -2.19. The molecule has 0 amide bonds. The van der Waals surface area contributed by atoms with Crippen molar-refractivity contribution >= 4 is 21.9 Å². The summed E-state index contributed by atoms with van der Waals surface area (Å²) in [6.07, 6.45) is 1.31. The van der Waals surface area contributed by atoms with Crippen LogP contribution in [0.3, 0.4) is 0 Å². The summed E-state index contributed by atoms with van der Waals surface area (Å²) in [6.45, 7) is 3.14. The number of carbonyl (C=O) groups excluding carboxylic acids is 1. The van der Waals surface area contributed by atoms with Crippen LogP contribution in [0.4, 0.5) is 0 Å². The zero-order valence-electron chi connectivity index (χ0n) is 11.1. The van der Waals surface area contributed by atoms with Gasteiger partial charge in [-0.1, -0.05) is 15.9 Å². The average molecular weight is 343 g/mol. The van der Waals surface area contributed by atoms with Crippen LogP contribution in [0.5, 0.6) is 17.2 Å². The van der Waals surface area contributed by atoms with Crippen LogP contribution in [0.15, 0.2) is 30.0 Å². The van der Waals surface area contributed by atoms with Crippen molar-refractivity contribution in [2.24, 2.45) is 0 Å².